The number of ether oxygens (including phenoxy) is 5. The number of hydrogen-bond donors (Lipinski definition) is 1. The van der Waals surface area contributed by atoms with Crippen LogP contribution in [0.1, 0.15) is 32.3 Å². The molecule has 0 saturated heterocycles. The molecule has 9 nitrogen and oxygen atoms in total. The Bertz CT molecular complexity index is 928. The van der Waals surface area contributed by atoms with Crippen LogP contribution in [0.2, 0.25) is 0 Å². The van der Waals surface area contributed by atoms with Crippen LogP contribution in [0.5, 0.6) is 11.5 Å². The number of nitrogens with two attached hydrogens (primary N) is 1. The van der Waals surface area contributed by atoms with Gasteiger partial charge in [0.25, 0.3) is 0 Å². The van der Waals surface area contributed by atoms with E-state index in [0.29, 0.717) is 11.3 Å². The van der Waals surface area contributed by atoms with E-state index in [4.69, 9.17) is 29.4 Å². The summed E-state index contributed by atoms with van der Waals surface area (Å²) in [5.41, 5.74) is 6.63. The number of esters is 2. The molecule has 1 aliphatic rings. The van der Waals surface area contributed by atoms with Gasteiger partial charge in [0, 0.05) is 0 Å². The normalized spacial score (nSPS) is 15.8. The number of nitrogens with zero attached hydrogens (tertiary/aromatic N) is 1. The van der Waals surface area contributed by atoms with Gasteiger partial charge < -0.3 is 29.4 Å². The number of nitriles is 1. The quantitative estimate of drug-likeness (QED) is 0.634. The number of methoxy groups -OCH3 is 1. The lowest BCUT2D eigenvalue weighted by molar-refractivity contribution is -0.145. The van der Waals surface area contributed by atoms with E-state index in [1.807, 2.05) is 6.07 Å². The van der Waals surface area contributed by atoms with Crippen molar-refractivity contribution in [3.63, 3.8) is 0 Å². The molecule has 1 aliphatic heterocycles. The Morgan fingerprint density at radius 1 is 1.20 bits per heavy atom. The first-order valence-electron chi connectivity index (χ1n) is 9.29. The van der Waals surface area contributed by atoms with Crippen LogP contribution in [0.4, 0.5) is 0 Å². The van der Waals surface area contributed by atoms with Crippen molar-refractivity contribution in [2.45, 2.75) is 26.7 Å². The largest absolute Gasteiger partial charge is 0.493 e. The van der Waals surface area contributed by atoms with Crippen molar-refractivity contribution in [1.82, 2.24) is 0 Å². The summed E-state index contributed by atoms with van der Waals surface area (Å²) in [6.45, 7) is 4.99. The lowest BCUT2D eigenvalue weighted by Crippen LogP contribution is -2.25. The van der Waals surface area contributed by atoms with Crippen molar-refractivity contribution in [2.24, 2.45) is 5.73 Å². The number of allylic oxidation sites excluding steroid dienone is 2. The molecule has 0 aromatic heterocycles. The standard InChI is InChI=1S/C21H24N2O7/c1-5-27-17(24)11-29-16-9-13(7-8-15(16)26-4)19-14(10-22)20(23)30-12(3)18(19)21(25)28-6-2/h7-9,19H,5-6,11,23H2,1-4H3. The molecule has 1 heterocycles. The van der Waals surface area contributed by atoms with Crippen LogP contribution in [-0.4, -0.2) is 38.9 Å². The SMILES string of the molecule is CCOC(=O)COc1cc(C2C(C#N)=C(N)OC(C)=C2C(=O)OCC)ccc1OC. The van der Waals surface area contributed by atoms with Crippen LogP contribution >= 0.6 is 0 Å². The number of hydrogen-bond acceptors (Lipinski definition) is 9. The number of benzene rings is 1. The highest BCUT2D eigenvalue weighted by atomic mass is 16.6. The zero-order chi connectivity index (χ0) is 22.3. The molecule has 2 N–H and O–H groups in total. The van der Waals surface area contributed by atoms with Gasteiger partial charge in [-0.15, -0.1) is 0 Å². The predicted molar refractivity (Wildman–Crippen MR) is 105 cm³/mol. The minimum Gasteiger partial charge on any atom is -0.493 e. The summed E-state index contributed by atoms with van der Waals surface area (Å²) in [4.78, 5) is 24.3. The van der Waals surface area contributed by atoms with Crippen molar-refractivity contribution in [3.05, 3.63) is 46.6 Å². The van der Waals surface area contributed by atoms with E-state index in [-0.39, 0.29) is 48.4 Å². The first kappa shape index (κ1) is 22.6. The van der Waals surface area contributed by atoms with Crippen LogP contribution in [0.15, 0.2) is 41.0 Å². The molecule has 0 saturated carbocycles. The maximum absolute atomic E-state index is 12.6. The summed E-state index contributed by atoms with van der Waals surface area (Å²) in [6, 6.07) is 6.86. The highest BCUT2D eigenvalue weighted by Gasteiger charge is 2.36. The van der Waals surface area contributed by atoms with Gasteiger partial charge in [-0.3, -0.25) is 0 Å². The molecule has 0 bridgehead atoms. The van der Waals surface area contributed by atoms with Crippen LogP contribution in [-0.2, 0) is 23.8 Å². The van der Waals surface area contributed by atoms with Crippen LogP contribution in [0.3, 0.4) is 0 Å². The fraction of sp³-hybridized carbons (Fsp3) is 0.381. The van der Waals surface area contributed by atoms with Crippen molar-refractivity contribution in [3.8, 4) is 17.6 Å². The van der Waals surface area contributed by atoms with E-state index in [2.05, 4.69) is 0 Å². The topological polar surface area (TPSA) is 130 Å². The minimum atomic E-state index is -0.835. The third kappa shape index (κ3) is 4.84. The molecule has 9 heteroatoms. The first-order valence-corrected chi connectivity index (χ1v) is 9.29. The van der Waals surface area contributed by atoms with Crippen molar-refractivity contribution in [1.29, 1.82) is 5.26 Å². The summed E-state index contributed by atoms with van der Waals surface area (Å²) in [7, 11) is 1.45. The minimum absolute atomic E-state index is 0.0603. The molecule has 0 amide bonds. The van der Waals surface area contributed by atoms with E-state index in [1.54, 1.807) is 39.0 Å². The third-order valence-electron chi connectivity index (χ3n) is 4.27. The molecule has 1 aromatic rings. The van der Waals surface area contributed by atoms with E-state index < -0.39 is 17.9 Å². The number of carbonyl (C=O) groups is 2. The molecule has 0 radical (unpaired) electrons. The highest BCUT2D eigenvalue weighted by molar-refractivity contribution is 5.92. The Labute approximate surface area is 174 Å². The molecular weight excluding hydrogens is 392 g/mol. The van der Waals surface area contributed by atoms with Gasteiger partial charge in [-0.1, -0.05) is 6.07 Å². The van der Waals surface area contributed by atoms with E-state index in [9.17, 15) is 14.9 Å². The average Bonchev–Trinajstić information content (AvgIpc) is 2.71. The fourth-order valence-electron chi connectivity index (χ4n) is 3.01. The monoisotopic (exact) mass is 416 g/mol. The Hall–Kier alpha value is -3.67. The molecule has 1 atom stereocenters. The Kier molecular flexibility index (Phi) is 7.69. The second-order valence-corrected chi connectivity index (χ2v) is 6.12. The summed E-state index contributed by atoms with van der Waals surface area (Å²) in [6.07, 6.45) is 0. The van der Waals surface area contributed by atoms with Gasteiger partial charge in [-0.05, 0) is 38.5 Å². The van der Waals surface area contributed by atoms with Crippen molar-refractivity contribution in [2.75, 3.05) is 26.9 Å². The molecule has 1 aromatic carbocycles. The molecule has 160 valence electrons. The third-order valence-corrected chi connectivity index (χ3v) is 4.27. The van der Waals surface area contributed by atoms with Crippen LogP contribution in [0, 0.1) is 11.3 Å². The predicted octanol–water partition coefficient (Wildman–Crippen LogP) is 2.28. The van der Waals surface area contributed by atoms with Crippen molar-refractivity contribution >= 4 is 11.9 Å². The van der Waals surface area contributed by atoms with Gasteiger partial charge in [0.1, 0.15) is 17.4 Å². The van der Waals surface area contributed by atoms with Gasteiger partial charge in [-0.2, -0.15) is 5.26 Å². The summed E-state index contributed by atoms with van der Waals surface area (Å²) >= 11 is 0. The van der Waals surface area contributed by atoms with E-state index in [1.165, 1.54) is 7.11 Å². The molecule has 30 heavy (non-hydrogen) atoms. The molecule has 0 spiro atoms. The average molecular weight is 416 g/mol. The lowest BCUT2D eigenvalue weighted by Gasteiger charge is -2.27. The maximum Gasteiger partial charge on any atom is 0.344 e. The lowest BCUT2D eigenvalue weighted by atomic mass is 9.83. The smallest absolute Gasteiger partial charge is 0.344 e. The Morgan fingerprint density at radius 2 is 1.90 bits per heavy atom. The zero-order valence-electron chi connectivity index (χ0n) is 17.3. The second-order valence-electron chi connectivity index (χ2n) is 6.12. The van der Waals surface area contributed by atoms with Gasteiger partial charge in [0.2, 0.25) is 5.88 Å². The van der Waals surface area contributed by atoms with Gasteiger partial charge in [-0.25, -0.2) is 9.59 Å². The Morgan fingerprint density at radius 3 is 2.50 bits per heavy atom. The molecule has 0 aliphatic carbocycles. The molecule has 0 fully saturated rings. The molecular formula is C21H24N2O7. The van der Waals surface area contributed by atoms with Gasteiger partial charge >= 0.3 is 11.9 Å². The van der Waals surface area contributed by atoms with Crippen LogP contribution in [0.25, 0.3) is 0 Å². The van der Waals surface area contributed by atoms with Crippen LogP contribution < -0.4 is 15.2 Å². The fourth-order valence-corrected chi connectivity index (χ4v) is 3.01. The Balaban J connectivity index is 2.52. The van der Waals surface area contributed by atoms with E-state index >= 15 is 0 Å². The molecule has 1 unspecified atom stereocenters. The van der Waals surface area contributed by atoms with Gasteiger partial charge in [0.05, 0.1) is 31.8 Å². The second kappa shape index (κ2) is 10.2. The van der Waals surface area contributed by atoms with E-state index in [0.717, 1.165) is 0 Å². The summed E-state index contributed by atoms with van der Waals surface area (Å²) < 4.78 is 26.2. The maximum atomic E-state index is 12.6. The highest BCUT2D eigenvalue weighted by Crippen LogP contribution is 2.42. The number of carbonyl (C=O) groups excluding carboxylic acids is 2. The van der Waals surface area contributed by atoms with Crippen molar-refractivity contribution < 1.29 is 33.3 Å². The summed E-state index contributed by atoms with van der Waals surface area (Å²) in [5.74, 6) is -1.25. The number of rotatable bonds is 8. The van der Waals surface area contributed by atoms with Gasteiger partial charge in [0.15, 0.2) is 18.1 Å². The summed E-state index contributed by atoms with van der Waals surface area (Å²) in [5, 5.41) is 9.65. The first-order chi connectivity index (χ1) is 14.4. The zero-order valence-corrected chi connectivity index (χ0v) is 17.3. The molecule has 2 rings (SSSR count).